The smallest absolute Gasteiger partial charge is 0.153 e. The van der Waals surface area contributed by atoms with E-state index in [0.717, 1.165) is 0 Å². The van der Waals surface area contributed by atoms with Crippen molar-refractivity contribution >= 4 is 0 Å². The van der Waals surface area contributed by atoms with Gasteiger partial charge in [-0.2, -0.15) is 0 Å². The van der Waals surface area contributed by atoms with Gasteiger partial charge >= 0.3 is 0 Å². The molecule has 0 fully saturated rings. The predicted molar refractivity (Wildman–Crippen MR) is 31.6 cm³/mol. The molecule has 0 aromatic heterocycles. The summed E-state index contributed by atoms with van der Waals surface area (Å²) in [4.78, 5) is 0. The number of rotatable bonds is 0. The highest BCUT2D eigenvalue weighted by atomic mass is 16.5. The third kappa shape index (κ3) is 0.754. The lowest BCUT2D eigenvalue weighted by molar-refractivity contribution is 0.0240. The van der Waals surface area contributed by atoms with Crippen molar-refractivity contribution in [3.63, 3.8) is 0 Å². The van der Waals surface area contributed by atoms with Crippen molar-refractivity contribution < 1.29 is 9.47 Å². The fourth-order valence-corrected chi connectivity index (χ4v) is 0.986. The minimum absolute atomic E-state index is 0.0266. The summed E-state index contributed by atoms with van der Waals surface area (Å²) in [6.45, 7) is 0.662. The zero-order chi connectivity index (χ0) is 6.10. The van der Waals surface area contributed by atoms with E-state index in [4.69, 9.17) is 9.47 Å². The molecule has 0 bridgehead atoms. The maximum atomic E-state index is 5.27. The van der Waals surface area contributed by atoms with Gasteiger partial charge in [-0.3, -0.25) is 0 Å². The lowest BCUT2D eigenvalue weighted by Gasteiger charge is -2.17. The van der Waals surface area contributed by atoms with Crippen LogP contribution in [-0.2, 0) is 9.47 Å². The summed E-state index contributed by atoms with van der Waals surface area (Å²) >= 11 is 0. The topological polar surface area (TPSA) is 18.5 Å². The molecule has 0 aromatic carbocycles. The summed E-state index contributed by atoms with van der Waals surface area (Å²) in [5.41, 5.74) is 0. The first-order valence-electron chi connectivity index (χ1n) is 2.98. The summed E-state index contributed by atoms with van der Waals surface area (Å²) in [7, 11) is 0. The van der Waals surface area contributed by atoms with E-state index >= 15 is 0 Å². The average molecular weight is 123 g/mol. The molecular weight excluding hydrogens is 116 g/mol. The first-order valence-corrected chi connectivity index (χ1v) is 2.98. The molecule has 47 valence electrons. The first-order chi connectivity index (χ1) is 4.47. The quantitative estimate of drug-likeness (QED) is 0.471. The second-order valence-corrected chi connectivity index (χ2v) is 2.05. The van der Waals surface area contributed by atoms with Gasteiger partial charge in [0, 0.05) is 6.08 Å². The largest absolute Gasteiger partial charge is 0.490 e. The Morgan fingerprint density at radius 2 is 2.56 bits per heavy atom. The van der Waals surface area contributed by atoms with Gasteiger partial charge in [0.2, 0.25) is 0 Å². The van der Waals surface area contributed by atoms with E-state index in [2.05, 4.69) is 6.08 Å². The SMILES string of the molecule is [C]1=CCOC2C=COC12. The Bertz CT molecular complexity index is 160. The molecule has 2 aliphatic rings. The zero-order valence-electron chi connectivity index (χ0n) is 4.91. The van der Waals surface area contributed by atoms with Crippen LogP contribution in [0.4, 0.5) is 0 Å². The molecule has 2 nitrogen and oxygen atoms in total. The van der Waals surface area contributed by atoms with Crippen molar-refractivity contribution in [2.24, 2.45) is 0 Å². The summed E-state index contributed by atoms with van der Waals surface area (Å²) < 4.78 is 10.4. The maximum Gasteiger partial charge on any atom is 0.153 e. The van der Waals surface area contributed by atoms with Crippen LogP contribution >= 0.6 is 0 Å². The van der Waals surface area contributed by atoms with E-state index in [1.807, 2.05) is 12.2 Å². The fourth-order valence-electron chi connectivity index (χ4n) is 0.986. The monoisotopic (exact) mass is 123 g/mol. The third-order valence-electron chi connectivity index (χ3n) is 1.45. The second kappa shape index (κ2) is 1.88. The van der Waals surface area contributed by atoms with Gasteiger partial charge in [-0.15, -0.1) is 0 Å². The van der Waals surface area contributed by atoms with E-state index in [-0.39, 0.29) is 12.2 Å². The highest BCUT2D eigenvalue weighted by Crippen LogP contribution is 2.17. The Balaban J connectivity index is 2.16. The Hall–Kier alpha value is -0.760. The van der Waals surface area contributed by atoms with Crippen LogP contribution in [0.3, 0.4) is 0 Å². The maximum absolute atomic E-state index is 5.27. The van der Waals surface area contributed by atoms with Crippen LogP contribution in [0.1, 0.15) is 0 Å². The van der Waals surface area contributed by atoms with Crippen molar-refractivity contribution in [1.82, 2.24) is 0 Å². The van der Waals surface area contributed by atoms with Crippen molar-refractivity contribution in [2.75, 3.05) is 6.61 Å². The van der Waals surface area contributed by atoms with Crippen LogP contribution in [0.15, 0.2) is 18.4 Å². The molecule has 2 atom stereocenters. The first kappa shape index (κ1) is 5.06. The van der Waals surface area contributed by atoms with Crippen LogP contribution in [0.25, 0.3) is 0 Å². The lowest BCUT2D eigenvalue weighted by Crippen LogP contribution is -2.26. The molecule has 9 heavy (non-hydrogen) atoms. The molecule has 2 rings (SSSR count). The zero-order valence-corrected chi connectivity index (χ0v) is 4.91. The van der Waals surface area contributed by atoms with Crippen LogP contribution in [-0.4, -0.2) is 18.8 Å². The van der Waals surface area contributed by atoms with Crippen molar-refractivity contribution in [2.45, 2.75) is 12.2 Å². The van der Waals surface area contributed by atoms with Gasteiger partial charge in [0.05, 0.1) is 12.9 Å². The number of ether oxygens (including phenoxy) is 2. The Labute approximate surface area is 53.8 Å². The van der Waals surface area contributed by atoms with E-state index < -0.39 is 0 Å². The standard InChI is InChI=1S/C7H7O2/c1-2-6-7(8-4-1)3-5-9-6/h1,3,5-7H,4H2. The van der Waals surface area contributed by atoms with Crippen LogP contribution in [0, 0.1) is 6.08 Å². The van der Waals surface area contributed by atoms with Gasteiger partial charge in [0.1, 0.15) is 6.10 Å². The van der Waals surface area contributed by atoms with Crippen molar-refractivity contribution in [1.29, 1.82) is 0 Å². The van der Waals surface area contributed by atoms with Crippen LogP contribution in [0.5, 0.6) is 0 Å². The van der Waals surface area contributed by atoms with Gasteiger partial charge in [-0.1, -0.05) is 6.08 Å². The summed E-state index contributed by atoms with van der Waals surface area (Å²) in [6.07, 6.45) is 8.62. The summed E-state index contributed by atoms with van der Waals surface area (Å²) in [6, 6.07) is 0. The summed E-state index contributed by atoms with van der Waals surface area (Å²) in [5, 5.41) is 0. The molecule has 0 saturated heterocycles. The molecule has 1 radical (unpaired) electrons. The highest BCUT2D eigenvalue weighted by Gasteiger charge is 2.24. The third-order valence-corrected chi connectivity index (χ3v) is 1.45. The number of hydrogen-bond donors (Lipinski definition) is 0. The molecular formula is C7H7O2. The second-order valence-electron chi connectivity index (χ2n) is 2.05. The molecule has 2 unspecified atom stereocenters. The molecule has 0 spiro atoms. The molecule has 0 N–H and O–H groups in total. The average Bonchev–Trinajstić information content (AvgIpc) is 2.33. The van der Waals surface area contributed by atoms with Gasteiger partial charge in [0.25, 0.3) is 0 Å². The lowest BCUT2D eigenvalue weighted by atomic mass is 10.2. The molecule has 2 heterocycles. The highest BCUT2D eigenvalue weighted by molar-refractivity contribution is 5.05. The molecule has 0 saturated carbocycles. The van der Waals surface area contributed by atoms with E-state index in [1.54, 1.807) is 6.26 Å². The molecule has 0 amide bonds. The van der Waals surface area contributed by atoms with Gasteiger partial charge < -0.3 is 9.47 Å². The van der Waals surface area contributed by atoms with E-state index in [9.17, 15) is 0 Å². The normalized spacial score (nSPS) is 38.2. The molecule has 0 aromatic rings. The molecule has 2 aliphatic heterocycles. The van der Waals surface area contributed by atoms with Crippen molar-refractivity contribution in [3.05, 3.63) is 24.5 Å². The Morgan fingerprint density at radius 3 is 3.44 bits per heavy atom. The predicted octanol–water partition coefficient (Wildman–Crippen LogP) is 0.657. The van der Waals surface area contributed by atoms with E-state index in [1.165, 1.54) is 0 Å². The fraction of sp³-hybridized carbons (Fsp3) is 0.429. The Kier molecular flexibility index (Phi) is 1.06. The van der Waals surface area contributed by atoms with E-state index in [0.29, 0.717) is 6.61 Å². The minimum Gasteiger partial charge on any atom is -0.490 e. The van der Waals surface area contributed by atoms with Gasteiger partial charge in [-0.25, -0.2) is 0 Å². The van der Waals surface area contributed by atoms with Gasteiger partial charge in [0.15, 0.2) is 6.10 Å². The molecule has 2 heteroatoms. The van der Waals surface area contributed by atoms with Gasteiger partial charge in [-0.05, 0) is 6.08 Å². The van der Waals surface area contributed by atoms with Crippen molar-refractivity contribution in [3.8, 4) is 0 Å². The molecule has 0 aliphatic carbocycles. The Morgan fingerprint density at radius 1 is 1.56 bits per heavy atom. The minimum atomic E-state index is 0.0266. The number of fused-ring (bicyclic) bond motifs is 1. The summed E-state index contributed by atoms with van der Waals surface area (Å²) in [5.74, 6) is 0. The van der Waals surface area contributed by atoms with Crippen LogP contribution in [0.2, 0.25) is 0 Å². The van der Waals surface area contributed by atoms with Crippen LogP contribution < -0.4 is 0 Å². The number of hydrogen-bond acceptors (Lipinski definition) is 2.